The third-order valence-corrected chi connectivity index (χ3v) is 14.3. The molecule has 0 fully saturated rings. The van der Waals surface area contributed by atoms with E-state index in [0.29, 0.717) is 0 Å². The number of anilines is 3. The first kappa shape index (κ1) is 39.0. The Kier molecular flexibility index (Phi) is 8.91. The molecule has 11 aromatic carbocycles. The van der Waals surface area contributed by atoms with E-state index in [1.165, 1.54) is 77.2 Å². The molecule has 2 nitrogen and oxygen atoms in total. The van der Waals surface area contributed by atoms with Crippen molar-refractivity contribution in [2.75, 3.05) is 4.90 Å². The summed E-state index contributed by atoms with van der Waals surface area (Å²) in [5.41, 5.74) is 19.4. The molecule has 0 unspecified atom stereocenters. The van der Waals surface area contributed by atoms with Crippen molar-refractivity contribution in [3.05, 3.63) is 248 Å². The molecular formula is C65H45NO. The van der Waals surface area contributed by atoms with Crippen LogP contribution < -0.4 is 4.90 Å². The smallest absolute Gasteiger partial charge is 0.144 e. The lowest BCUT2D eigenvalue weighted by Gasteiger charge is -2.26. The Hall–Kier alpha value is -8.46. The van der Waals surface area contributed by atoms with Crippen LogP contribution in [0, 0.1) is 0 Å². The fraction of sp³-hybridized carbons (Fsp3) is 0.0462. The molecule has 0 bridgehead atoms. The van der Waals surface area contributed by atoms with Crippen LogP contribution in [0.4, 0.5) is 17.1 Å². The van der Waals surface area contributed by atoms with Crippen molar-refractivity contribution in [1.29, 1.82) is 0 Å². The van der Waals surface area contributed by atoms with Crippen LogP contribution in [0.3, 0.4) is 0 Å². The van der Waals surface area contributed by atoms with Gasteiger partial charge in [0.05, 0.1) is 0 Å². The summed E-state index contributed by atoms with van der Waals surface area (Å²) < 4.78 is 7.38. The van der Waals surface area contributed by atoms with Gasteiger partial charge in [0.2, 0.25) is 0 Å². The van der Waals surface area contributed by atoms with Crippen LogP contribution in [-0.2, 0) is 5.41 Å². The first-order valence-electron chi connectivity index (χ1n) is 23.3. The number of para-hydroxylation sites is 2. The van der Waals surface area contributed by atoms with E-state index >= 15 is 0 Å². The van der Waals surface area contributed by atoms with Crippen molar-refractivity contribution in [3.8, 4) is 55.6 Å². The van der Waals surface area contributed by atoms with Gasteiger partial charge in [0.25, 0.3) is 0 Å². The zero-order valence-electron chi connectivity index (χ0n) is 37.4. The van der Waals surface area contributed by atoms with Gasteiger partial charge in [-0.2, -0.15) is 0 Å². The van der Waals surface area contributed by atoms with E-state index in [2.05, 4.69) is 255 Å². The molecule has 316 valence electrons. The number of hydrogen-bond donors (Lipinski definition) is 0. The van der Waals surface area contributed by atoms with Gasteiger partial charge in [-0.15, -0.1) is 0 Å². The summed E-state index contributed by atoms with van der Waals surface area (Å²) in [7, 11) is 0. The maximum atomic E-state index is 7.38. The van der Waals surface area contributed by atoms with E-state index in [1.54, 1.807) is 0 Å². The van der Waals surface area contributed by atoms with Crippen LogP contribution in [0.2, 0.25) is 0 Å². The van der Waals surface area contributed by atoms with Gasteiger partial charge >= 0.3 is 0 Å². The zero-order valence-corrected chi connectivity index (χ0v) is 37.4. The molecule has 0 atom stereocenters. The van der Waals surface area contributed by atoms with Crippen LogP contribution in [0.15, 0.2) is 241 Å². The average molecular weight is 856 g/mol. The molecule has 0 spiro atoms. The molecule has 1 aromatic heterocycles. The van der Waals surface area contributed by atoms with Crippen molar-refractivity contribution in [2.45, 2.75) is 19.3 Å². The number of furan rings is 1. The van der Waals surface area contributed by atoms with Gasteiger partial charge in [-0.3, -0.25) is 0 Å². The highest BCUT2D eigenvalue weighted by molar-refractivity contribution is 6.24. The molecule has 1 aliphatic carbocycles. The topological polar surface area (TPSA) is 16.4 Å². The van der Waals surface area contributed by atoms with E-state index in [1.807, 2.05) is 0 Å². The van der Waals surface area contributed by atoms with Crippen LogP contribution >= 0.6 is 0 Å². The third-order valence-electron chi connectivity index (χ3n) is 14.3. The molecule has 0 saturated heterocycles. The maximum absolute atomic E-state index is 7.38. The summed E-state index contributed by atoms with van der Waals surface area (Å²) in [5, 5.41) is 7.27. The summed E-state index contributed by atoms with van der Waals surface area (Å²) in [5.74, 6) is 0. The number of rotatable bonds is 7. The Bertz CT molecular complexity index is 3860. The second kappa shape index (κ2) is 15.3. The van der Waals surface area contributed by atoms with Crippen molar-refractivity contribution in [2.24, 2.45) is 0 Å². The largest absolute Gasteiger partial charge is 0.455 e. The summed E-state index contributed by atoms with van der Waals surface area (Å²) in [6.07, 6.45) is 0. The number of nitrogens with zero attached hydrogens (tertiary/aromatic N) is 1. The minimum absolute atomic E-state index is 0.212. The molecule has 67 heavy (non-hydrogen) atoms. The van der Waals surface area contributed by atoms with E-state index in [4.69, 9.17) is 4.42 Å². The number of benzene rings is 11. The predicted molar refractivity (Wildman–Crippen MR) is 283 cm³/mol. The fourth-order valence-electron chi connectivity index (χ4n) is 11.1. The third kappa shape index (κ3) is 6.18. The van der Waals surface area contributed by atoms with Crippen LogP contribution in [0.25, 0.3) is 99.1 Å². The monoisotopic (exact) mass is 855 g/mol. The second-order valence-corrected chi connectivity index (χ2v) is 18.4. The van der Waals surface area contributed by atoms with Gasteiger partial charge in [0.1, 0.15) is 11.2 Å². The first-order valence-corrected chi connectivity index (χ1v) is 23.3. The highest BCUT2D eigenvalue weighted by Crippen LogP contribution is 2.56. The molecular weight excluding hydrogens is 811 g/mol. The molecule has 0 aliphatic heterocycles. The van der Waals surface area contributed by atoms with Crippen LogP contribution in [-0.4, -0.2) is 0 Å². The molecule has 0 radical (unpaired) electrons. The molecule has 1 aliphatic rings. The standard InChI is InChI=1S/C65H45NO/c1-65(2)59-31-16-15-28-55(59)62-60(65)41-58(57-40-45-20-9-10-25-51(45)53-26-13-14-27-54(53)57)61-56-30-17-29-52(63(56)67-64(61)62)44-34-38-48(39-35-44)66(46-21-7-4-8-22-46)47-36-32-43(33-37-47)50-24-12-11-23-49(50)42-18-5-3-6-19-42/h3-41H,1-2H3. The van der Waals surface area contributed by atoms with Crippen molar-refractivity contribution < 1.29 is 4.42 Å². The van der Waals surface area contributed by atoms with Gasteiger partial charge in [-0.25, -0.2) is 0 Å². The Morgan fingerprint density at radius 1 is 0.328 bits per heavy atom. The molecule has 0 amide bonds. The quantitative estimate of drug-likeness (QED) is 0.149. The predicted octanol–water partition coefficient (Wildman–Crippen LogP) is 18.3. The summed E-state index contributed by atoms with van der Waals surface area (Å²) in [6, 6.07) is 86.0. The Balaban J connectivity index is 0.963. The van der Waals surface area contributed by atoms with E-state index in [9.17, 15) is 0 Å². The number of hydrogen-bond acceptors (Lipinski definition) is 2. The summed E-state index contributed by atoms with van der Waals surface area (Å²) in [6.45, 7) is 4.72. The highest BCUT2D eigenvalue weighted by Gasteiger charge is 2.39. The second-order valence-electron chi connectivity index (χ2n) is 18.4. The lowest BCUT2D eigenvalue weighted by molar-refractivity contribution is 0.654. The van der Waals surface area contributed by atoms with Crippen LogP contribution in [0.1, 0.15) is 25.0 Å². The Morgan fingerprint density at radius 2 is 0.836 bits per heavy atom. The summed E-state index contributed by atoms with van der Waals surface area (Å²) in [4.78, 5) is 2.33. The summed E-state index contributed by atoms with van der Waals surface area (Å²) >= 11 is 0. The lowest BCUT2D eigenvalue weighted by atomic mass is 9.80. The van der Waals surface area contributed by atoms with Crippen molar-refractivity contribution in [1.82, 2.24) is 0 Å². The average Bonchev–Trinajstić information content (AvgIpc) is 3.89. The van der Waals surface area contributed by atoms with Gasteiger partial charge in [-0.1, -0.05) is 202 Å². The fourth-order valence-corrected chi connectivity index (χ4v) is 11.1. The molecule has 1 heterocycles. The van der Waals surface area contributed by atoms with Gasteiger partial charge in [0.15, 0.2) is 0 Å². The van der Waals surface area contributed by atoms with Gasteiger partial charge in [-0.05, 0) is 126 Å². The molecule has 13 rings (SSSR count). The lowest BCUT2D eigenvalue weighted by Crippen LogP contribution is -2.15. The van der Waals surface area contributed by atoms with Gasteiger partial charge < -0.3 is 9.32 Å². The highest BCUT2D eigenvalue weighted by atomic mass is 16.3. The van der Waals surface area contributed by atoms with Gasteiger partial charge in [0, 0.05) is 44.4 Å². The molecule has 12 aromatic rings. The molecule has 0 saturated carbocycles. The zero-order chi connectivity index (χ0) is 44.6. The first-order chi connectivity index (χ1) is 33.0. The minimum Gasteiger partial charge on any atom is -0.455 e. The molecule has 2 heteroatoms. The van der Waals surface area contributed by atoms with Crippen molar-refractivity contribution in [3.63, 3.8) is 0 Å². The molecule has 0 N–H and O–H groups in total. The SMILES string of the molecule is CC1(C)c2ccccc2-c2c1cc(-c1cc3ccccc3c3ccccc13)c1c2oc2c(-c3ccc(N(c4ccccc4)c4ccc(-c5ccccc5-c5ccccc5)cc4)cc3)cccc21. The van der Waals surface area contributed by atoms with E-state index < -0.39 is 0 Å². The van der Waals surface area contributed by atoms with Crippen LogP contribution in [0.5, 0.6) is 0 Å². The van der Waals surface area contributed by atoms with E-state index in [0.717, 1.165) is 50.1 Å². The Morgan fingerprint density at radius 3 is 1.54 bits per heavy atom. The van der Waals surface area contributed by atoms with Crippen molar-refractivity contribution >= 4 is 60.5 Å². The number of fused-ring (bicyclic) bond motifs is 10. The minimum atomic E-state index is -0.212. The Labute approximate surface area is 390 Å². The normalized spacial score (nSPS) is 12.7. The maximum Gasteiger partial charge on any atom is 0.144 e. The van der Waals surface area contributed by atoms with E-state index in [-0.39, 0.29) is 5.41 Å².